The van der Waals surface area contributed by atoms with Gasteiger partial charge in [0.1, 0.15) is 13.2 Å². The first-order chi connectivity index (χ1) is 32.5. The first-order valence-electron chi connectivity index (χ1n) is 28.8. The largest absolute Gasteiger partial charge is 0.756 e. The Morgan fingerprint density at radius 1 is 0.522 bits per heavy atom. The highest BCUT2D eigenvalue weighted by Crippen LogP contribution is 2.38. The van der Waals surface area contributed by atoms with Gasteiger partial charge in [0, 0.05) is 6.42 Å². The van der Waals surface area contributed by atoms with Gasteiger partial charge in [-0.15, -0.1) is 0 Å². The van der Waals surface area contributed by atoms with Crippen LogP contribution >= 0.6 is 7.82 Å². The lowest BCUT2D eigenvalue weighted by molar-refractivity contribution is -0.870. The predicted molar refractivity (Wildman–Crippen MR) is 288 cm³/mol. The summed E-state index contributed by atoms with van der Waals surface area (Å²) in [5.41, 5.74) is 0. The van der Waals surface area contributed by atoms with Gasteiger partial charge < -0.3 is 28.8 Å². The molecule has 0 aliphatic carbocycles. The molecule has 67 heavy (non-hydrogen) atoms. The number of hydrogen-bond acceptors (Lipinski definition) is 6. The molecule has 3 unspecified atom stereocenters. The number of likely N-dealkylation sites (N-methyl/N-ethyl adjacent to an activating group) is 1. The molecule has 0 rings (SSSR count). The van der Waals surface area contributed by atoms with Gasteiger partial charge in [0.15, 0.2) is 0 Å². The van der Waals surface area contributed by atoms with E-state index in [4.69, 9.17) is 9.05 Å². The molecule has 9 heteroatoms. The van der Waals surface area contributed by atoms with E-state index in [1.165, 1.54) is 199 Å². The molecule has 0 aromatic heterocycles. The lowest BCUT2D eigenvalue weighted by Gasteiger charge is -2.30. The molecule has 0 saturated heterocycles. The number of aliphatic hydroxyl groups is 1. The van der Waals surface area contributed by atoms with Gasteiger partial charge in [-0.1, -0.05) is 256 Å². The molecular formula is C58H113N2O6P. The van der Waals surface area contributed by atoms with E-state index >= 15 is 0 Å². The summed E-state index contributed by atoms with van der Waals surface area (Å²) in [7, 11) is 1.31. The Kier molecular flexibility index (Phi) is 48.7. The Morgan fingerprint density at radius 3 is 1.25 bits per heavy atom. The summed E-state index contributed by atoms with van der Waals surface area (Å²) >= 11 is 0. The van der Waals surface area contributed by atoms with Crippen LogP contribution in [0.2, 0.25) is 0 Å². The molecule has 0 aromatic carbocycles. The first kappa shape index (κ1) is 65.7. The molecule has 0 bridgehead atoms. The van der Waals surface area contributed by atoms with Crippen LogP contribution in [0.3, 0.4) is 0 Å². The SMILES string of the molecule is CCCCCCC/C=C\C/C=C\C/C=C\CCCCCCCCCCCCCCCCCCC(=O)NC(COP(=O)([O-])OCC[N+](C)(C)C)C(O)CCCCCCCCCCCCCCCC. The number of allylic oxidation sites excluding steroid dienone is 6. The number of nitrogens with one attached hydrogen (secondary N) is 1. The summed E-state index contributed by atoms with van der Waals surface area (Å²) < 4.78 is 23.4. The molecular weight excluding hydrogens is 852 g/mol. The van der Waals surface area contributed by atoms with Crippen molar-refractivity contribution in [1.82, 2.24) is 5.32 Å². The fourth-order valence-electron chi connectivity index (χ4n) is 8.58. The van der Waals surface area contributed by atoms with Crippen LogP contribution in [-0.2, 0) is 18.4 Å². The highest BCUT2D eigenvalue weighted by Gasteiger charge is 2.24. The smallest absolute Gasteiger partial charge is 0.268 e. The number of quaternary nitrogens is 1. The van der Waals surface area contributed by atoms with E-state index in [1.54, 1.807) is 0 Å². The van der Waals surface area contributed by atoms with Crippen LogP contribution in [0.1, 0.15) is 277 Å². The van der Waals surface area contributed by atoms with Gasteiger partial charge in [0.2, 0.25) is 5.91 Å². The van der Waals surface area contributed by atoms with Gasteiger partial charge in [-0.25, -0.2) is 0 Å². The number of hydrogen-bond donors (Lipinski definition) is 2. The molecule has 1 amide bonds. The molecule has 0 spiro atoms. The number of phosphoric acid groups is 1. The van der Waals surface area contributed by atoms with E-state index in [1.807, 2.05) is 21.1 Å². The van der Waals surface area contributed by atoms with Crippen LogP contribution in [0.15, 0.2) is 36.5 Å². The van der Waals surface area contributed by atoms with E-state index in [0.717, 1.165) is 51.4 Å². The number of carbonyl (C=O) groups excluding carboxylic acids is 1. The third-order valence-electron chi connectivity index (χ3n) is 13.1. The van der Waals surface area contributed by atoms with Crippen molar-refractivity contribution in [1.29, 1.82) is 0 Å². The quantitative estimate of drug-likeness (QED) is 0.0272. The number of phosphoric ester groups is 1. The lowest BCUT2D eigenvalue weighted by atomic mass is 10.0. The van der Waals surface area contributed by atoms with Crippen molar-refractivity contribution >= 4 is 13.7 Å². The number of amides is 1. The Hall–Kier alpha value is -1.28. The normalized spacial score (nSPS) is 14.2. The average molecular weight is 966 g/mol. The van der Waals surface area contributed by atoms with Gasteiger partial charge >= 0.3 is 0 Å². The summed E-state index contributed by atoms with van der Waals surface area (Å²) in [6.45, 7) is 4.73. The van der Waals surface area contributed by atoms with Crippen LogP contribution in [0.25, 0.3) is 0 Å². The van der Waals surface area contributed by atoms with Crippen molar-refractivity contribution < 1.29 is 32.9 Å². The molecule has 0 heterocycles. The third kappa shape index (κ3) is 52.4. The zero-order chi connectivity index (χ0) is 49.2. The second-order valence-corrected chi connectivity index (χ2v) is 22.4. The maximum absolute atomic E-state index is 13.0. The number of nitrogens with zero attached hydrogens (tertiary/aromatic N) is 1. The van der Waals surface area contributed by atoms with Crippen LogP contribution < -0.4 is 10.2 Å². The maximum Gasteiger partial charge on any atom is 0.268 e. The van der Waals surface area contributed by atoms with Crippen molar-refractivity contribution in [2.24, 2.45) is 0 Å². The fraction of sp³-hybridized carbons (Fsp3) is 0.879. The number of unbranched alkanes of at least 4 members (excludes halogenated alkanes) is 34. The third-order valence-corrected chi connectivity index (χ3v) is 14.1. The van der Waals surface area contributed by atoms with E-state index in [0.29, 0.717) is 23.9 Å². The van der Waals surface area contributed by atoms with Gasteiger partial charge in [0.25, 0.3) is 7.82 Å². The Bertz CT molecular complexity index is 1190. The van der Waals surface area contributed by atoms with Crippen molar-refractivity contribution in [3.05, 3.63) is 36.5 Å². The second-order valence-electron chi connectivity index (χ2n) is 21.0. The minimum absolute atomic E-state index is 0.0132. The van der Waals surface area contributed by atoms with Crippen molar-refractivity contribution in [3.8, 4) is 0 Å². The lowest BCUT2D eigenvalue weighted by Crippen LogP contribution is -2.46. The number of rotatable bonds is 53. The molecule has 3 atom stereocenters. The summed E-state index contributed by atoms with van der Waals surface area (Å²) in [5, 5.41) is 14.0. The monoisotopic (exact) mass is 965 g/mol. The van der Waals surface area contributed by atoms with E-state index in [2.05, 4.69) is 55.6 Å². The van der Waals surface area contributed by atoms with E-state index in [-0.39, 0.29) is 19.1 Å². The number of aliphatic hydroxyl groups excluding tert-OH is 1. The average Bonchev–Trinajstić information content (AvgIpc) is 3.29. The molecule has 0 aromatic rings. The summed E-state index contributed by atoms with van der Waals surface area (Å²) in [5.74, 6) is -0.162. The summed E-state index contributed by atoms with van der Waals surface area (Å²) in [4.78, 5) is 25.5. The Labute approximate surface area is 417 Å². The summed E-state index contributed by atoms with van der Waals surface area (Å²) in [6.07, 6.45) is 63.2. The van der Waals surface area contributed by atoms with Crippen LogP contribution in [0.5, 0.6) is 0 Å². The van der Waals surface area contributed by atoms with Gasteiger partial charge in [-0.3, -0.25) is 9.36 Å². The Balaban J connectivity index is 4.04. The molecule has 2 N–H and O–H groups in total. The zero-order valence-electron chi connectivity index (χ0n) is 45.1. The minimum atomic E-state index is -4.57. The first-order valence-corrected chi connectivity index (χ1v) is 30.3. The molecule has 0 aliphatic heterocycles. The highest BCUT2D eigenvalue weighted by molar-refractivity contribution is 7.45. The standard InChI is InChI=1S/C58H113N2O6P/c1-6-8-10-12-14-16-18-20-22-23-24-25-26-27-28-29-30-31-32-33-34-35-36-37-38-40-42-44-46-48-50-52-58(62)59-56(55-66-67(63,64)65-54-53-60(3,4)5)57(61)51-49-47-45-43-41-39-21-19-17-15-13-11-9-7-2/h18,20,23-24,26-27,56-57,61H,6-17,19,21-22,25,28-55H2,1-5H3,(H-,59,62,63,64)/b20-18-,24-23-,27-26-. The molecule has 0 saturated carbocycles. The summed E-state index contributed by atoms with van der Waals surface area (Å²) in [6, 6.07) is -0.799. The van der Waals surface area contributed by atoms with E-state index < -0.39 is 20.0 Å². The van der Waals surface area contributed by atoms with E-state index in [9.17, 15) is 19.4 Å². The topological polar surface area (TPSA) is 108 Å². The van der Waals surface area contributed by atoms with Gasteiger partial charge in [-0.2, -0.15) is 0 Å². The van der Waals surface area contributed by atoms with Crippen LogP contribution in [-0.4, -0.2) is 68.5 Å². The molecule has 0 radical (unpaired) electrons. The molecule has 8 nitrogen and oxygen atoms in total. The molecule has 0 fully saturated rings. The van der Waals surface area contributed by atoms with Crippen molar-refractivity contribution in [3.63, 3.8) is 0 Å². The predicted octanol–water partition coefficient (Wildman–Crippen LogP) is 16.7. The van der Waals surface area contributed by atoms with Crippen LogP contribution in [0.4, 0.5) is 0 Å². The second kappa shape index (κ2) is 49.7. The maximum atomic E-state index is 13.0. The Morgan fingerprint density at radius 2 is 0.866 bits per heavy atom. The van der Waals surface area contributed by atoms with Gasteiger partial charge in [-0.05, 0) is 51.4 Å². The van der Waals surface area contributed by atoms with Crippen LogP contribution in [0, 0.1) is 0 Å². The highest BCUT2D eigenvalue weighted by atomic mass is 31.2. The fourth-order valence-corrected chi connectivity index (χ4v) is 9.30. The molecule has 396 valence electrons. The van der Waals surface area contributed by atoms with Gasteiger partial charge in [0.05, 0.1) is 39.9 Å². The number of carbonyl (C=O) groups is 1. The molecule has 0 aliphatic rings. The van der Waals surface area contributed by atoms with Crippen molar-refractivity contribution in [2.45, 2.75) is 289 Å². The minimum Gasteiger partial charge on any atom is -0.756 e. The van der Waals surface area contributed by atoms with Crippen molar-refractivity contribution in [2.75, 3.05) is 40.9 Å². The zero-order valence-corrected chi connectivity index (χ0v) is 46.0.